The van der Waals surface area contributed by atoms with Gasteiger partial charge in [-0.25, -0.2) is 4.39 Å². The van der Waals surface area contributed by atoms with Gasteiger partial charge in [-0.05, 0) is 12.8 Å². The third-order valence-corrected chi connectivity index (χ3v) is 3.21. The van der Waals surface area contributed by atoms with Gasteiger partial charge in [0.05, 0.1) is 26.9 Å². The van der Waals surface area contributed by atoms with Crippen LogP contribution in [0.4, 0.5) is 4.39 Å². The summed E-state index contributed by atoms with van der Waals surface area (Å²) in [5, 5.41) is 10.0. The van der Waals surface area contributed by atoms with Crippen molar-refractivity contribution in [3.8, 4) is 17.2 Å². The summed E-state index contributed by atoms with van der Waals surface area (Å²) in [6.45, 7) is 0. The molecule has 1 fully saturated rings. The molecule has 0 spiro atoms. The van der Waals surface area contributed by atoms with Crippen LogP contribution in [0, 0.1) is 5.82 Å². The average molecular weight is 256 g/mol. The molecule has 1 saturated carbocycles. The fourth-order valence-electron chi connectivity index (χ4n) is 2.05. The summed E-state index contributed by atoms with van der Waals surface area (Å²) < 4.78 is 29.3. The number of rotatable bonds is 5. The smallest absolute Gasteiger partial charge is 0.169 e. The maximum atomic E-state index is 13.9. The van der Waals surface area contributed by atoms with E-state index in [2.05, 4.69) is 0 Å². The van der Waals surface area contributed by atoms with Crippen molar-refractivity contribution in [1.82, 2.24) is 0 Å². The van der Waals surface area contributed by atoms with E-state index in [-0.39, 0.29) is 5.75 Å². The third-order valence-electron chi connectivity index (χ3n) is 3.21. The molecule has 5 heteroatoms. The molecule has 0 radical (unpaired) electrons. The minimum absolute atomic E-state index is 0.105. The van der Waals surface area contributed by atoms with Gasteiger partial charge in [0, 0.05) is 18.1 Å². The largest absolute Gasteiger partial charge is 0.493 e. The molecule has 0 saturated heterocycles. The molecule has 4 nitrogen and oxygen atoms in total. The van der Waals surface area contributed by atoms with E-state index in [1.54, 1.807) is 0 Å². The summed E-state index contributed by atoms with van der Waals surface area (Å²) in [4.78, 5) is 0. The first kappa shape index (κ1) is 13.0. The fourth-order valence-corrected chi connectivity index (χ4v) is 2.05. The molecule has 1 N–H and O–H groups in total. The second-order valence-corrected chi connectivity index (χ2v) is 4.51. The number of aliphatic hydroxyl groups is 1. The second-order valence-electron chi connectivity index (χ2n) is 4.51. The summed E-state index contributed by atoms with van der Waals surface area (Å²) in [5.41, 5.74) is -0.254. The van der Waals surface area contributed by atoms with E-state index in [0.717, 1.165) is 0 Å². The second kappa shape index (κ2) is 4.65. The molecule has 100 valence electrons. The van der Waals surface area contributed by atoms with E-state index >= 15 is 0 Å². The Labute approximate surface area is 105 Å². The van der Waals surface area contributed by atoms with Crippen molar-refractivity contribution in [2.75, 3.05) is 21.3 Å². The van der Waals surface area contributed by atoms with Gasteiger partial charge >= 0.3 is 0 Å². The predicted octanol–water partition coefficient (Wildman–Crippen LogP) is 1.92. The molecule has 1 aromatic carbocycles. The van der Waals surface area contributed by atoms with Crippen LogP contribution in [0.25, 0.3) is 0 Å². The van der Waals surface area contributed by atoms with Crippen molar-refractivity contribution in [1.29, 1.82) is 0 Å². The van der Waals surface area contributed by atoms with E-state index in [0.29, 0.717) is 36.3 Å². The minimum Gasteiger partial charge on any atom is -0.493 e. The molecule has 2 rings (SSSR count). The lowest BCUT2D eigenvalue weighted by molar-refractivity contribution is 0.148. The van der Waals surface area contributed by atoms with Crippen LogP contribution < -0.4 is 14.2 Å². The first-order chi connectivity index (χ1) is 8.54. The molecule has 0 aromatic heterocycles. The summed E-state index contributed by atoms with van der Waals surface area (Å²) in [6.07, 6.45) is 1.71. The quantitative estimate of drug-likeness (QED) is 0.874. The van der Waals surface area contributed by atoms with Crippen LogP contribution in [0.5, 0.6) is 17.2 Å². The zero-order valence-electron chi connectivity index (χ0n) is 10.7. The van der Waals surface area contributed by atoms with E-state index in [1.807, 2.05) is 0 Å². The summed E-state index contributed by atoms with van der Waals surface area (Å²) in [6, 6.07) is 1.22. The van der Waals surface area contributed by atoms with E-state index in [9.17, 15) is 9.50 Å². The highest BCUT2D eigenvalue weighted by molar-refractivity contribution is 5.55. The lowest BCUT2D eigenvalue weighted by Gasteiger charge is -2.18. The molecule has 1 aliphatic rings. The average Bonchev–Trinajstić information content (AvgIpc) is 3.06. The Hall–Kier alpha value is -1.49. The van der Waals surface area contributed by atoms with Gasteiger partial charge in [-0.3, -0.25) is 0 Å². The predicted molar refractivity (Wildman–Crippen MR) is 63.9 cm³/mol. The fraction of sp³-hybridized carbons (Fsp3) is 0.538. The van der Waals surface area contributed by atoms with E-state index in [4.69, 9.17) is 14.2 Å². The highest BCUT2D eigenvalue weighted by Gasteiger charge is 2.42. The lowest BCUT2D eigenvalue weighted by Crippen LogP contribution is -2.14. The third kappa shape index (κ3) is 2.22. The van der Waals surface area contributed by atoms with Gasteiger partial charge < -0.3 is 19.3 Å². The van der Waals surface area contributed by atoms with Crippen molar-refractivity contribution in [2.24, 2.45) is 0 Å². The van der Waals surface area contributed by atoms with Crippen molar-refractivity contribution in [3.05, 3.63) is 17.4 Å². The highest BCUT2D eigenvalue weighted by atomic mass is 19.1. The van der Waals surface area contributed by atoms with E-state index < -0.39 is 11.4 Å². The molecule has 0 amide bonds. The summed E-state index contributed by atoms with van der Waals surface area (Å²) in [7, 11) is 4.32. The van der Waals surface area contributed by atoms with Crippen molar-refractivity contribution >= 4 is 0 Å². The highest BCUT2D eigenvalue weighted by Crippen LogP contribution is 2.46. The number of methoxy groups -OCH3 is 3. The summed E-state index contributed by atoms with van der Waals surface area (Å²) in [5.74, 6) is 0.300. The molecule has 0 atom stereocenters. The first-order valence-electron chi connectivity index (χ1n) is 5.74. The monoisotopic (exact) mass is 256 g/mol. The van der Waals surface area contributed by atoms with Gasteiger partial charge in [-0.2, -0.15) is 0 Å². The number of ether oxygens (including phenoxy) is 3. The molecule has 0 bridgehead atoms. The Morgan fingerprint density at radius 3 is 2.22 bits per heavy atom. The van der Waals surface area contributed by atoms with Crippen LogP contribution in [-0.4, -0.2) is 32.0 Å². The maximum absolute atomic E-state index is 13.9. The Morgan fingerprint density at radius 2 is 1.78 bits per heavy atom. The number of hydrogen-bond acceptors (Lipinski definition) is 4. The van der Waals surface area contributed by atoms with Gasteiger partial charge in [0.25, 0.3) is 0 Å². The zero-order chi connectivity index (χ0) is 13.3. The normalized spacial score (nSPS) is 16.3. The minimum atomic E-state index is -0.765. The van der Waals surface area contributed by atoms with Crippen LogP contribution >= 0.6 is 0 Å². The Kier molecular flexibility index (Phi) is 3.34. The molecule has 0 heterocycles. The standard InChI is InChI=1S/C13H17FO4/c1-16-10-6-9(14)11(17-2)8(12(10)18-3)7-13(15)4-5-13/h6,15H,4-5,7H2,1-3H3. The van der Waals surface area contributed by atoms with Crippen LogP contribution in [0.3, 0.4) is 0 Å². The first-order valence-corrected chi connectivity index (χ1v) is 5.74. The zero-order valence-corrected chi connectivity index (χ0v) is 10.7. The van der Waals surface area contributed by atoms with Gasteiger partial charge in [0.1, 0.15) is 0 Å². The molecule has 18 heavy (non-hydrogen) atoms. The van der Waals surface area contributed by atoms with Gasteiger partial charge in [-0.15, -0.1) is 0 Å². The lowest BCUT2D eigenvalue weighted by atomic mass is 10.0. The molecule has 1 aliphatic carbocycles. The number of halogens is 1. The Balaban J connectivity index is 2.52. The molecular formula is C13H17FO4. The Bertz CT molecular complexity index is 455. The van der Waals surface area contributed by atoms with Gasteiger partial charge in [0.15, 0.2) is 23.1 Å². The molecule has 0 aliphatic heterocycles. The topological polar surface area (TPSA) is 47.9 Å². The SMILES string of the molecule is COc1cc(F)c(OC)c(CC2(O)CC2)c1OC. The van der Waals surface area contributed by atoms with Gasteiger partial charge in [-0.1, -0.05) is 0 Å². The van der Waals surface area contributed by atoms with Crippen LogP contribution in [0.15, 0.2) is 6.07 Å². The Morgan fingerprint density at radius 1 is 1.17 bits per heavy atom. The molecule has 0 unspecified atom stereocenters. The molecular weight excluding hydrogens is 239 g/mol. The number of hydrogen-bond donors (Lipinski definition) is 1. The number of benzene rings is 1. The van der Waals surface area contributed by atoms with Crippen molar-refractivity contribution < 1.29 is 23.7 Å². The van der Waals surface area contributed by atoms with Crippen molar-refractivity contribution in [2.45, 2.75) is 24.9 Å². The molecule has 1 aromatic rings. The summed E-state index contributed by atoms with van der Waals surface area (Å²) >= 11 is 0. The maximum Gasteiger partial charge on any atom is 0.169 e. The van der Waals surface area contributed by atoms with Crippen LogP contribution in [0.2, 0.25) is 0 Å². The van der Waals surface area contributed by atoms with Crippen molar-refractivity contribution in [3.63, 3.8) is 0 Å². The van der Waals surface area contributed by atoms with Crippen LogP contribution in [0.1, 0.15) is 18.4 Å². The van der Waals surface area contributed by atoms with Gasteiger partial charge in [0.2, 0.25) is 0 Å². The van der Waals surface area contributed by atoms with Crippen LogP contribution in [-0.2, 0) is 6.42 Å². The van der Waals surface area contributed by atoms with E-state index in [1.165, 1.54) is 27.4 Å².